The number of para-hydroxylation sites is 1. The molecule has 1 aromatic rings. The van der Waals surface area contributed by atoms with Crippen LogP contribution in [-0.4, -0.2) is 29.4 Å². The number of phenolic OH excluding ortho intramolecular Hbond substituents is 1. The lowest BCUT2D eigenvalue weighted by Gasteiger charge is -2.25. The van der Waals surface area contributed by atoms with Gasteiger partial charge in [-0.3, -0.25) is 0 Å². The van der Waals surface area contributed by atoms with Gasteiger partial charge in [0.2, 0.25) is 0 Å². The van der Waals surface area contributed by atoms with Gasteiger partial charge in [-0.15, -0.1) is 0 Å². The van der Waals surface area contributed by atoms with Gasteiger partial charge in [0.25, 0.3) is 0 Å². The van der Waals surface area contributed by atoms with E-state index in [1.165, 1.54) is 0 Å². The van der Waals surface area contributed by atoms with E-state index >= 15 is 0 Å². The van der Waals surface area contributed by atoms with E-state index in [9.17, 15) is 9.90 Å². The van der Waals surface area contributed by atoms with Crippen LogP contribution in [0.2, 0.25) is 0 Å². The number of amides is 1. The molecule has 5 heteroatoms. The first kappa shape index (κ1) is 14.7. The number of aromatic hydroxyl groups is 1. The third-order valence-electron chi connectivity index (χ3n) is 3.20. The summed E-state index contributed by atoms with van der Waals surface area (Å²) in [6.45, 7) is 6.29. The number of hydrogen-bond donors (Lipinski definition) is 3. The zero-order valence-corrected chi connectivity index (χ0v) is 12.1. The van der Waals surface area contributed by atoms with Gasteiger partial charge in [0.05, 0.1) is 12.1 Å². The molecular weight excluding hydrogens is 256 g/mol. The lowest BCUT2D eigenvalue weighted by Crippen LogP contribution is -2.41. The Kier molecular flexibility index (Phi) is 4.18. The predicted octanol–water partition coefficient (Wildman–Crippen LogP) is 2.32. The Balaban J connectivity index is 2.05. The molecular formula is C15H22N2O3. The molecule has 1 saturated heterocycles. The molecule has 2 rings (SSSR count). The molecule has 0 aromatic heterocycles. The van der Waals surface area contributed by atoms with Gasteiger partial charge in [-0.1, -0.05) is 18.2 Å². The Labute approximate surface area is 119 Å². The summed E-state index contributed by atoms with van der Waals surface area (Å²) in [5.74, 6) is 0.239. The van der Waals surface area contributed by atoms with Crippen LogP contribution in [0.3, 0.4) is 0 Å². The van der Waals surface area contributed by atoms with Crippen LogP contribution in [0.4, 0.5) is 4.79 Å². The van der Waals surface area contributed by atoms with Crippen LogP contribution < -0.4 is 10.6 Å². The molecule has 0 spiro atoms. The molecule has 0 saturated carbocycles. The number of carbonyl (C=O) groups excluding carboxylic acids is 1. The van der Waals surface area contributed by atoms with E-state index in [0.717, 1.165) is 18.5 Å². The van der Waals surface area contributed by atoms with E-state index in [2.05, 4.69) is 10.6 Å². The molecule has 0 aliphatic carbocycles. The highest BCUT2D eigenvalue weighted by atomic mass is 16.6. The van der Waals surface area contributed by atoms with Crippen LogP contribution in [0.1, 0.15) is 38.8 Å². The molecule has 20 heavy (non-hydrogen) atoms. The maximum Gasteiger partial charge on any atom is 0.407 e. The Morgan fingerprint density at radius 1 is 1.40 bits per heavy atom. The number of rotatable bonds is 2. The van der Waals surface area contributed by atoms with E-state index in [1.54, 1.807) is 12.1 Å². The minimum Gasteiger partial charge on any atom is -0.508 e. The van der Waals surface area contributed by atoms with E-state index in [0.29, 0.717) is 0 Å². The zero-order chi connectivity index (χ0) is 14.8. The van der Waals surface area contributed by atoms with Crippen molar-refractivity contribution in [1.82, 2.24) is 10.6 Å². The van der Waals surface area contributed by atoms with Crippen molar-refractivity contribution < 1.29 is 14.6 Å². The van der Waals surface area contributed by atoms with E-state index in [1.807, 2.05) is 32.9 Å². The molecule has 2 unspecified atom stereocenters. The molecule has 110 valence electrons. The number of hydrogen-bond acceptors (Lipinski definition) is 4. The van der Waals surface area contributed by atoms with Crippen molar-refractivity contribution in [3.63, 3.8) is 0 Å². The molecule has 3 N–H and O–H groups in total. The van der Waals surface area contributed by atoms with Gasteiger partial charge in [0.15, 0.2) is 0 Å². The second-order valence-electron chi connectivity index (χ2n) is 6.03. The van der Waals surface area contributed by atoms with Crippen molar-refractivity contribution >= 4 is 6.09 Å². The quantitative estimate of drug-likeness (QED) is 0.776. The van der Waals surface area contributed by atoms with Crippen molar-refractivity contribution in [2.24, 2.45) is 0 Å². The standard InChI is InChI=1S/C15H22N2O3/c1-15(2,3)20-14(19)17-11-8-9-16-13(11)10-6-4-5-7-12(10)18/h4-7,11,13,16,18H,8-9H2,1-3H3,(H,17,19). The normalized spacial score (nSPS) is 22.6. The molecule has 2 atom stereocenters. The average Bonchev–Trinajstić information content (AvgIpc) is 2.75. The number of carbonyl (C=O) groups is 1. The molecule has 1 aliphatic heterocycles. The summed E-state index contributed by atoms with van der Waals surface area (Å²) in [6, 6.07) is 6.99. The highest BCUT2D eigenvalue weighted by Crippen LogP contribution is 2.30. The molecule has 1 amide bonds. The van der Waals surface area contributed by atoms with Crippen LogP contribution in [0.5, 0.6) is 5.75 Å². The minimum absolute atomic E-state index is 0.0850. The summed E-state index contributed by atoms with van der Waals surface area (Å²) >= 11 is 0. The summed E-state index contributed by atoms with van der Waals surface area (Å²) in [7, 11) is 0. The lowest BCUT2D eigenvalue weighted by atomic mass is 10.00. The van der Waals surface area contributed by atoms with Crippen LogP contribution in [0, 0.1) is 0 Å². The number of benzene rings is 1. The average molecular weight is 278 g/mol. The summed E-state index contributed by atoms with van der Waals surface area (Å²) in [5, 5.41) is 16.1. The van der Waals surface area contributed by atoms with Gasteiger partial charge in [0, 0.05) is 5.56 Å². The van der Waals surface area contributed by atoms with Crippen LogP contribution in [0.25, 0.3) is 0 Å². The maximum absolute atomic E-state index is 11.9. The van der Waals surface area contributed by atoms with E-state index in [4.69, 9.17) is 4.74 Å². The minimum atomic E-state index is -0.513. The number of phenols is 1. The Hall–Kier alpha value is -1.75. The SMILES string of the molecule is CC(C)(C)OC(=O)NC1CCNC1c1ccccc1O. The van der Waals surface area contributed by atoms with Gasteiger partial charge in [0.1, 0.15) is 11.4 Å². The van der Waals surface area contributed by atoms with Crippen molar-refractivity contribution in [3.05, 3.63) is 29.8 Å². The number of nitrogens with one attached hydrogen (secondary N) is 2. The van der Waals surface area contributed by atoms with Gasteiger partial charge in [-0.05, 0) is 39.8 Å². The molecule has 1 fully saturated rings. The summed E-state index contributed by atoms with van der Waals surface area (Å²) in [4.78, 5) is 11.9. The largest absolute Gasteiger partial charge is 0.508 e. The fourth-order valence-corrected chi connectivity index (χ4v) is 2.39. The van der Waals surface area contributed by atoms with Crippen molar-refractivity contribution in [1.29, 1.82) is 0 Å². The smallest absolute Gasteiger partial charge is 0.407 e. The second kappa shape index (κ2) is 5.71. The lowest BCUT2D eigenvalue weighted by molar-refractivity contribution is 0.0500. The Morgan fingerprint density at radius 3 is 2.75 bits per heavy atom. The number of alkyl carbamates (subject to hydrolysis) is 1. The third-order valence-corrected chi connectivity index (χ3v) is 3.20. The predicted molar refractivity (Wildman–Crippen MR) is 76.6 cm³/mol. The maximum atomic E-state index is 11.9. The fraction of sp³-hybridized carbons (Fsp3) is 0.533. The highest BCUT2D eigenvalue weighted by molar-refractivity contribution is 5.68. The van der Waals surface area contributed by atoms with Crippen LogP contribution in [0.15, 0.2) is 24.3 Å². The fourth-order valence-electron chi connectivity index (χ4n) is 2.39. The molecule has 1 heterocycles. The van der Waals surface area contributed by atoms with E-state index < -0.39 is 11.7 Å². The van der Waals surface area contributed by atoms with Crippen LogP contribution >= 0.6 is 0 Å². The number of ether oxygens (including phenoxy) is 1. The second-order valence-corrected chi connectivity index (χ2v) is 6.03. The highest BCUT2D eigenvalue weighted by Gasteiger charge is 2.32. The van der Waals surface area contributed by atoms with Gasteiger partial charge < -0.3 is 20.5 Å². The van der Waals surface area contributed by atoms with Crippen molar-refractivity contribution in [3.8, 4) is 5.75 Å². The molecule has 0 bridgehead atoms. The Morgan fingerprint density at radius 2 is 2.10 bits per heavy atom. The summed E-state index contributed by atoms with van der Waals surface area (Å²) in [5.41, 5.74) is 0.284. The molecule has 1 aromatic carbocycles. The van der Waals surface area contributed by atoms with Gasteiger partial charge in [-0.2, -0.15) is 0 Å². The molecule has 5 nitrogen and oxygen atoms in total. The molecule has 1 aliphatic rings. The zero-order valence-electron chi connectivity index (χ0n) is 12.1. The van der Waals surface area contributed by atoms with Gasteiger partial charge in [-0.25, -0.2) is 4.79 Å². The summed E-state index contributed by atoms with van der Waals surface area (Å²) in [6.07, 6.45) is 0.379. The Bertz CT molecular complexity index is 482. The first-order valence-corrected chi connectivity index (χ1v) is 6.87. The third kappa shape index (κ3) is 3.63. The van der Waals surface area contributed by atoms with Crippen LogP contribution in [-0.2, 0) is 4.74 Å². The first-order chi connectivity index (χ1) is 9.37. The van der Waals surface area contributed by atoms with Crippen molar-refractivity contribution in [2.75, 3.05) is 6.54 Å². The van der Waals surface area contributed by atoms with E-state index in [-0.39, 0.29) is 17.8 Å². The van der Waals surface area contributed by atoms with Gasteiger partial charge >= 0.3 is 6.09 Å². The first-order valence-electron chi connectivity index (χ1n) is 6.87. The topological polar surface area (TPSA) is 70.6 Å². The van der Waals surface area contributed by atoms with Crippen molar-refractivity contribution in [2.45, 2.75) is 44.9 Å². The summed E-state index contributed by atoms with van der Waals surface area (Å²) < 4.78 is 5.27. The molecule has 0 radical (unpaired) electrons. The monoisotopic (exact) mass is 278 g/mol.